The number of aldehydes is 1. The van der Waals surface area contributed by atoms with Crippen molar-refractivity contribution < 1.29 is 31.9 Å². The number of carbonyl (C=O) groups is 2. The van der Waals surface area contributed by atoms with Crippen LogP contribution in [0.25, 0.3) is 0 Å². The first-order chi connectivity index (χ1) is 17.6. The van der Waals surface area contributed by atoms with Crippen LogP contribution in [-0.2, 0) is 38.3 Å². The predicted molar refractivity (Wildman–Crippen MR) is 125 cm³/mol. The number of rotatable bonds is 9. The lowest BCUT2D eigenvalue weighted by Gasteiger charge is -2.46. The van der Waals surface area contributed by atoms with Gasteiger partial charge in [-0.05, 0) is 48.6 Å². The van der Waals surface area contributed by atoms with E-state index in [9.17, 15) is 27.2 Å². The van der Waals surface area contributed by atoms with E-state index in [4.69, 9.17) is 4.74 Å². The van der Waals surface area contributed by atoms with Crippen LogP contribution < -0.4 is 5.32 Å². The van der Waals surface area contributed by atoms with E-state index in [0.717, 1.165) is 17.7 Å². The molecular weight excluding hydrogens is 492 g/mol. The molecule has 0 saturated carbocycles. The quantitative estimate of drug-likeness (QED) is 0.259. The van der Waals surface area contributed by atoms with Gasteiger partial charge in [-0.2, -0.15) is 13.2 Å². The fraction of sp³-hybridized carbons (Fsp3) is 0.385. The van der Waals surface area contributed by atoms with Crippen LogP contribution in [0.2, 0.25) is 0 Å². The zero-order valence-electron chi connectivity index (χ0n) is 20.0. The van der Waals surface area contributed by atoms with Crippen LogP contribution in [0.5, 0.6) is 0 Å². The third kappa shape index (κ3) is 5.33. The number of ether oxygens (including phenoxy) is 1. The van der Waals surface area contributed by atoms with Crippen LogP contribution in [0.1, 0.15) is 48.1 Å². The average Bonchev–Trinajstić information content (AvgIpc) is 3.47. The summed E-state index contributed by atoms with van der Waals surface area (Å²) in [5.74, 6) is -0.626. The van der Waals surface area contributed by atoms with Crippen LogP contribution >= 0.6 is 0 Å². The second-order valence-electron chi connectivity index (χ2n) is 9.23. The van der Waals surface area contributed by atoms with Crippen molar-refractivity contribution in [3.05, 3.63) is 83.4 Å². The molecule has 3 aromatic rings. The van der Waals surface area contributed by atoms with Crippen LogP contribution in [0.3, 0.4) is 0 Å². The molecule has 11 heteroatoms. The Morgan fingerprint density at radius 2 is 1.86 bits per heavy atom. The highest BCUT2D eigenvalue weighted by Crippen LogP contribution is 2.39. The lowest BCUT2D eigenvalue weighted by molar-refractivity contribution is -0.138. The van der Waals surface area contributed by atoms with Crippen LogP contribution in [0.4, 0.5) is 17.6 Å². The number of halogens is 4. The molecule has 3 atom stereocenters. The molecule has 0 amide bonds. The summed E-state index contributed by atoms with van der Waals surface area (Å²) in [4.78, 5) is 24.2. The third-order valence-corrected chi connectivity index (χ3v) is 7.04. The number of benzene rings is 2. The standard InChI is InChI=1S/C26H26F4N4O3/c1-18(20-9-19(12-27)10-22(11-20)26(28,29)30)37-15-24(21-5-3-2-4-6-21)7-8-25(14-31-24,23(36)13-35)34-16-32-33-17-34/h2-6,9-11,13,16-18,31H,7-8,12,14-15H2,1H3/t18-,24-,25-/m1/s1. The van der Waals surface area contributed by atoms with Gasteiger partial charge in [0.15, 0.2) is 6.29 Å². The van der Waals surface area contributed by atoms with E-state index < -0.39 is 41.4 Å². The highest BCUT2D eigenvalue weighted by molar-refractivity contribution is 6.28. The van der Waals surface area contributed by atoms with Crippen molar-refractivity contribution in [2.45, 2.75) is 49.8 Å². The number of hydrogen-bond acceptors (Lipinski definition) is 6. The number of aromatic nitrogens is 3. The van der Waals surface area contributed by atoms with E-state index in [1.165, 1.54) is 23.3 Å². The molecule has 1 fully saturated rings. The largest absolute Gasteiger partial charge is 0.416 e. The van der Waals surface area contributed by atoms with Gasteiger partial charge in [-0.3, -0.25) is 9.59 Å². The summed E-state index contributed by atoms with van der Waals surface area (Å²) in [5.41, 5.74) is -1.98. The van der Waals surface area contributed by atoms with Gasteiger partial charge in [-0.1, -0.05) is 36.4 Å². The Morgan fingerprint density at radius 1 is 1.16 bits per heavy atom. The van der Waals surface area contributed by atoms with Crippen molar-refractivity contribution in [1.82, 2.24) is 20.1 Å². The smallest absolute Gasteiger partial charge is 0.372 e. The van der Waals surface area contributed by atoms with Crippen molar-refractivity contribution in [2.75, 3.05) is 13.2 Å². The van der Waals surface area contributed by atoms with Gasteiger partial charge in [-0.25, -0.2) is 4.39 Å². The number of piperidine rings is 1. The lowest BCUT2D eigenvalue weighted by Crippen LogP contribution is -2.61. The first-order valence-corrected chi connectivity index (χ1v) is 11.7. The van der Waals surface area contributed by atoms with Gasteiger partial charge < -0.3 is 14.6 Å². The summed E-state index contributed by atoms with van der Waals surface area (Å²) in [5, 5.41) is 10.9. The topological polar surface area (TPSA) is 86.1 Å². The minimum Gasteiger partial charge on any atom is -0.372 e. The van der Waals surface area contributed by atoms with E-state index in [2.05, 4.69) is 15.5 Å². The molecule has 196 valence electrons. The molecular formula is C26H26F4N4O3. The number of carbonyl (C=O) groups excluding carboxylic acids is 2. The van der Waals surface area contributed by atoms with E-state index in [1.54, 1.807) is 6.92 Å². The van der Waals surface area contributed by atoms with Crippen molar-refractivity contribution in [1.29, 1.82) is 0 Å². The number of nitrogens with one attached hydrogen (secondary N) is 1. The first-order valence-electron chi connectivity index (χ1n) is 11.7. The van der Waals surface area contributed by atoms with E-state index >= 15 is 0 Å². The Labute approximate surface area is 210 Å². The van der Waals surface area contributed by atoms with E-state index in [1.807, 2.05) is 30.3 Å². The molecule has 0 spiro atoms. The second kappa shape index (κ2) is 10.5. The zero-order chi connectivity index (χ0) is 26.7. The Bertz CT molecular complexity index is 1220. The molecule has 1 aliphatic rings. The van der Waals surface area contributed by atoms with Gasteiger partial charge in [0.05, 0.1) is 23.8 Å². The van der Waals surface area contributed by atoms with E-state index in [0.29, 0.717) is 6.42 Å². The van der Waals surface area contributed by atoms with Gasteiger partial charge in [0.1, 0.15) is 24.9 Å². The number of nitrogens with zero attached hydrogens (tertiary/aromatic N) is 3. The molecule has 1 aliphatic heterocycles. The second-order valence-corrected chi connectivity index (χ2v) is 9.23. The van der Waals surface area contributed by atoms with Crippen LogP contribution in [0.15, 0.2) is 61.2 Å². The maximum absolute atomic E-state index is 13.4. The molecule has 1 N–H and O–H groups in total. The fourth-order valence-electron chi connectivity index (χ4n) is 4.77. The highest BCUT2D eigenvalue weighted by Gasteiger charge is 2.49. The highest BCUT2D eigenvalue weighted by atomic mass is 19.4. The summed E-state index contributed by atoms with van der Waals surface area (Å²) in [6.07, 6.45) is -1.73. The lowest BCUT2D eigenvalue weighted by atomic mass is 9.74. The number of hydrogen-bond donors (Lipinski definition) is 1. The van der Waals surface area contributed by atoms with Gasteiger partial charge in [-0.15, -0.1) is 10.2 Å². The minimum atomic E-state index is -4.62. The van der Waals surface area contributed by atoms with Crippen molar-refractivity contribution in [2.24, 2.45) is 0 Å². The van der Waals surface area contributed by atoms with Crippen molar-refractivity contribution in [3.63, 3.8) is 0 Å². The molecule has 4 rings (SSSR count). The van der Waals surface area contributed by atoms with Gasteiger partial charge >= 0.3 is 6.18 Å². The molecule has 1 saturated heterocycles. The molecule has 2 heterocycles. The molecule has 1 aromatic heterocycles. The average molecular weight is 519 g/mol. The first kappa shape index (κ1) is 26.6. The summed E-state index contributed by atoms with van der Waals surface area (Å²) >= 11 is 0. The number of ketones is 1. The summed E-state index contributed by atoms with van der Waals surface area (Å²) in [7, 11) is 0. The van der Waals surface area contributed by atoms with Crippen LogP contribution in [0, 0.1) is 0 Å². The normalized spacial score (nSPS) is 22.9. The maximum atomic E-state index is 13.4. The Kier molecular flexibility index (Phi) is 7.56. The summed E-state index contributed by atoms with van der Waals surface area (Å²) in [6, 6.07) is 12.4. The van der Waals surface area contributed by atoms with Crippen molar-refractivity contribution in [3.8, 4) is 0 Å². The minimum absolute atomic E-state index is 0.0485. The zero-order valence-corrected chi connectivity index (χ0v) is 20.0. The molecule has 0 unspecified atom stereocenters. The Balaban J connectivity index is 1.61. The van der Waals surface area contributed by atoms with Crippen LogP contribution in [-0.4, -0.2) is 40.0 Å². The monoisotopic (exact) mass is 518 g/mol. The molecule has 0 aliphatic carbocycles. The number of Topliss-reactive ketones (excluding diaryl/α,β-unsaturated/α-hetero) is 1. The third-order valence-electron chi connectivity index (χ3n) is 7.04. The van der Waals surface area contributed by atoms with Gasteiger partial charge in [0.25, 0.3) is 0 Å². The van der Waals surface area contributed by atoms with E-state index in [-0.39, 0.29) is 37.0 Å². The maximum Gasteiger partial charge on any atom is 0.416 e. The van der Waals surface area contributed by atoms with Gasteiger partial charge in [0.2, 0.25) is 5.78 Å². The fourth-order valence-corrected chi connectivity index (χ4v) is 4.77. The Hall–Kier alpha value is -3.44. The summed E-state index contributed by atoms with van der Waals surface area (Å²) < 4.78 is 61.0. The SMILES string of the molecule is C[C@@H](OC[C@@]1(c2ccccc2)CC[C@@](C(=O)C=O)(n2cnnc2)CN1)c1cc(CF)cc(C(F)(F)F)c1. The van der Waals surface area contributed by atoms with Crippen molar-refractivity contribution >= 4 is 12.1 Å². The van der Waals surface area contributed by atoms with Gasteiger partial charge in [0, 0.05) is 6.54 Å². The molecule has 2 aromatic carbocycles. The molecule has 0 radical (unpaired) electrons. The molecule has 37 heavy (non-hydrogen) atoms. The Morgan fingerprint density at radius 3 is 2.43 bits per heavy atom. The number of alkyl halides is 4. The molecule has 7 nitrogen and oxygen atoms in total. The summed E-state index contributed by atoms with van der Waals surface area (Å²) in [6.45, 7) is 0.698. The predicted octanol–water partition coefficient (Wildman–Crippen LogP) is 4.29. The molecule has 0 bridgehead atoms.